The van der Waals surface area contributed by atoms with E-state index in [0.29, 0.717) is 18.9 Å². The van der Waals surface area contributed by atoms with Gasteiger partial charge in [0.2, 0.25) is 5.91 Å². The van der Waals surface area contributed by atoms with E-state index in [-0.39, 0.29) is 5.91 Å². The van der Waals surface area contributed by atoms with Gasteiger partial charge in [0.1, 0.15) is 0 Å². The molecule has 106 valence electrons. The first-order chi connectivity index (χ1) is 9.81. The molecule has 1 fully saturated rings. The molecule has 2 aromatic heterocycles. The zero-order valence-corrected chi connectivity index (χ0v) is 12.2. The number of nitrogens with one attached hydrogen (secondary N) is 2. The number of aromatic nitrogens is 2. The van der Waals surface area contributed by atoms with Gasteiger partial charge in [-0.2, -0.15) is 5.10 Å². The second-order valence-corrected chi connectivity index (χ2v) is 6.33. The third kappa shape index (κ3) is 3.70. The van der Waals surface area contributed by atoms with Crippen LogP contribution in [-0.4, -0.2) is 16.1 Å². The van der Waals surface area contributed by atoms with Crippen LogP contribution in [0.4, 0.5) is 0 Å². The molecule has 20 heavy (non-hydrogen) atoms. The van der Waals surface area contributed by atoms with E-state index in [9.17, 15) is 4.79 Å². The highest BCUT2D eigenvalue weighted by Crippen LogP contribution is 2.38. The molecule has 5 heteroatoms. The summed E-state index contributed by atoms with van der Waals surface area (Å²) in [6, 6.07) is 6.24. The monoisotopic (exact) mass is 289 g/mol. The van der Waals surface area contributed by atoms with Crippen molar-refractivity contribution in [1.29, 1.82) is 0 Å². The molecule has 0 aromatic carbocycles. The predicted molar refractivity (Wildman–Crippen MR) is 79.7 cm³/mol. The molecule has 1 amide bonds. The topological polar surface area (TPSA) is 57.8 Å². The summed E-state index contributed by atoms with van der Waals surface area (Å²) in [5.41, 5.74) is 2.14. The van der Waals surface area contributed by atoms with Gasteiger partial charge in [-0.15, -0.1) is 11.3 Å². The van der Waals surface area contributed by atoms with Gasteiger partial charge in [-0.05, 0) is 43.2 Å². The average Bonchev–Trinajstić information content (AvgIpc) is 2.98. The molecule has 3 rings (SSSR count). The van der Waals surface area contributed by atoms with Crippen molar-refractivity contribution < 1.29 is 4.79 Å². The largest absolute Gasteiger partial charge is 0.350 e. The van der Waals surface area contributed by atoms with Crippen LogP contribution in [-0.2, 0) is 17.8 Å². The smallest absolute Gasteiger partial charge is 0.220 e. The summed E-state index contributed by atoms with van der Waals surface area (Å²) in [4.78, 5) is 13.1. The van der Waals surface area contributed by atoms with Crippen molar-refractivity contribution in [3.05, 3.63) is 39.8 Å². The van der Waals surface area contributed by atoms with Crippen LogP contribution in [0.5, 0.6) is 0 Å². The Morgan fingerprint density at radius 3 is 3.15 bits per heavy atom. The van der Waals surface area contributed by atoms with Gasteiger partial charge in [-0.1, -0.05) is 6.07 Å². The summed E-state index contributed by atoms with van der Waals surface area (Å²) < 4.78 is 0. The van der Waals surface area contributed by atoms with Gasteiger partial charge in [-0.3, -0.25) is 9.89 Å². The minimum atomic E-state index is 0.115. The number of aryl methyl sites for hydroxylation is 1. The molecule has 2 aromatic rings. The van der Waals surface area contributed by atoms with Gasteiger partial charge in [0, 0.05) is 17.2 Å². The fourth-order valence-corrected chi connectivity index (χ4v) is 2.97. The molecule has 0 bridgehead atoms. The maximum atomic E-state index is 11.8. The van der Waals surface area contributed by atoms with Crippen molar-refractivity contribution in [2.24, 2.45) is 0 Å². The fourth-order valence-electron chi connectivity index (χ4n) is 2.22. The molecule has 0 aliphatic heterocycles. The maximum absolute atomic E-state index is 11.8. The van der Waals surface area contributed by atoms with Gasteiger partial charge in [0.25, 0.3) is 0 Å². The zero-order chi connectivity index (χ0) is 13.8. The number of H-pyrrole nitrogens is 1. The number of thiophene rings is 1. The molecular formula is C15H19N3OS. The van der Waals surface area contributed by atoms with Crippen LogP contribution in [0.15, 0.2) is 23.6 Å². The summed E-state index contributed by atoms with van der Waals surface area (Å²) >= 11 is 1.75. The van der Waals surface area contributed by atoms with Crippen molar-refractivity contribution in [2.45, 2.75) is 44.6 Å². The van der Waals surface area contributed by atoms with E-state index in [1.807, 2.05) is 0 Å². The standard InChI is InChI=1S/C15H19N3OS/c19-15(5-1-3-13-4-2-8-20-13)16-10-12-9-14(18-17-12)11-6-7-11/h2,4,8-9,11H,1,3,5-7,10H2,(H,16,19)(H,17,18). The minimum absolute atomic E-state index is 0.115. The molecule has 0 atom stereocenters. The lowest BCUT2D eigenvalue weighted by molar-refractivity contribution is -0.121. The Hall–Kier alpha value is -1.62. The molecule has 1 aliphatic carbocycles. The van der Waals surface area contributed by atoms with Crippen LogP contribution in [0.2, 0.25) is 0 Å². The summed E-state index contributed by atoms with van der Waals surface area (Å²) in [7, 11) is 0. The van der Waals surface area contributed by atoms with Crippen LogP contribution in [0.25, 0.3) is 0 Å². The van der Waals surface area contributed by atoms with Gasteiger partial charge in [0.15, 0.2) is 0 Å². The van der Waals surface area contributed by atoms with Crippen molar-refractivity contribution in [3.8, 4) is 0 Å². The zero-order valence-electron chi connectivity index (χ0n) is 11.4. The number of hydrogen-bond donors (Lipinski definition) is 2. The van der Waals surface area contributed by atoms with Crippen LogP contribution < -0.4 is 5.32 Å². The summed E-state index contributed by atoms with van der Waals surface area (Å²) in [5, 5.41) is 12.3. The first kappa shape index (κ1) is 13.4. The van der Waals surface area contributed by atoms with E-state index < -0.39 is 0 Å². The molecule has 1 aliphatic rings. The lowest BCUT2D eigenvalue weighted by atomic mass is 10.2. The average molecular weight is 289 g/mol. The minimum Gasteiger partial charge on any atom is -0.350 e. The molecule has 0 spiro atoms. The molecular weight excluding hydrogens is 270 g/mol. The van der Waals surface area contributed by atoms with Crippen LogP contribution in [0.3, 0.4) is 0 Å². The Balaban J connectivity index is 1.35. The number of amides is 1. The van der Waals surface area contributed by atoms with E-state index in [0.717, 1.165) is 24.2 Å². The first-order valence-corrected chi connectivity index (χ1v) is 8.02. The molecule has 2 N–H and O–H groups in total. The van der Waals surface area contributed by atoms with E-state index in [1.165, 1.54) is 17.7 Å². The molecule has 0 saturated heterocycles. The number of nitrogens with zero attached hydrogens (tertiary/aromatic N) is 1. The third-order valence-electron chi connectivity index (χ3n) is 3.53. The first-order valence-electron chi connectivity index (χ1n) is 7.14. The molecule has 4 nitrogen and oxygen atoms in total. The van der Waals surface area contributed by atoms with E-state index in [4.69, 9.17) is 0 Å². The highest BCUT2D eigenvalue weighted by Gasteiger charge is 2.25. The number of hydrogen-bond acceptors (Lipinski definition) is 3. The molecule has 1 saturated carbocycles. The Morgan fingerprint density at radius 2 is 2.40 bits per heavy atom. The Labute approximate surface area is 122 Å². The van der Waals surface area contributed by atoms with Crippen molar-refractivity contribution in [1.82, 2.24) is 15.5 Å². The van der Waals surface area contributed by atoms with E-state index >= 15 is 0 Å². The lowest BCUT2D eigenvalue weighted by Crippen LogP contribution is -2.22. The highest BCUT2D eigenvalue weighted by molar-refractivity contribution is 7.09. The van der Waals surface area contributed by atoms with Crippen molar-refractivity contribution in [3.63, 3.8) is 0 Å². The predicted octanol–water partition coefficient (Wildman–Crippen LogP) is 2.99. The summed E-state index contributed by atoms with van der Waals surface area (Å²) in [6.45, 7) is 0.553. The Bertz CT molecular complexity index is 557. The third-order valence-corrected chi connectivity index (χ3v) is 4.47. The number of rotatable bonds is 7. The number of aromatic amines is 1. The number of carbonyl (C=O) groups is 1. The van der Waals surface area contributed by atoms with Gasteiger partial charge in [-0.25, -0.2) is 0 Å². The Morgan fingerprint density at radius 1 is 1.50 bits per heavy atom. The lowest BCUT2D eigenvalue weighted by Gasteiger charge is -2.02. The van der Waals surface area contributed by atoms with Crippen LogP contribution in [0, 0.1) is 0 Å². The fraction of sp³-hybridized carbons (Fsp3) is 0.467. The van der Waals surface area contributed by atoms with Crippen LogP contribution >= 0.6 is 11.3 Å². The van der Waals surface area contributed by atoms with Gasteiger partial charge >= 0.3 is 0 Å². The normalized spacial score (nSPS) is 14.4. The van der Waals surface area contributed by atoms with E-state index in [2.05, 4.69) is 39.1 Å². The molecule has 0 unspecified atom stereocenters. The summed E-state index contributed by atoms with van der Waals surface area (Å²) in [6.07, 6.45) is 4.98. The Kier molecular flexibility index (Phi) is 4.16. The maximum Gasteiger partial charge on any atom is 0.220 e. The van der Waals surface area contributed by atoms with Gasteiger partial charge < -0.3 is 5.32 Å². The second kappa shape index (κ2) is 6.22. The quantitative estimate of drug-likeness (QED) is 0.823. The second-order valence-electron chi connectivity index (χ2n) is 5.30. The van der Waals surface area contributed by atoms with Crippen molar-refractivity contribution >= 4 is 17.2 Å². The molecule has 2 heterocycles. The number of carbonyl (C=O) groups excluding carboxylic acids is 1. The van der Waals surface area contributed by atoms with Gasteiger partial charge in [0.05, 0.1) is 17.9 Å². The SMILES string of the molecule is O=C(CCCc1cccs1)NCc1cc(C2CC2)n[nH]1. The highest BCUT2D eigenvalue weighted by atomic mass is 32.1. The van der Waals surface area contributed by atoms with E-state index in [1.54, 1.807) is 11.3 Å². The van der Waals surface area contributed by atoms with Crippen molar-refractivity contribution in [2.75, 3.05) is 0 Å². The summed E-state index contributed by atoms with van der Waals surface area (Å²) in [5.74, 6) is 0.769. The van der Waals surface area contributed by atoms with Crippen LogP contribution in [0.1, 0.15) is 47.9 Å². The molecule has 0 radical (unpaired) electrons.